The molecule has 1 aromatic carbocycles. The summed E-state index contributed by atoms with van der Waals surface area (Å²) in [5, 5.41) is 19.7. The van der Waals surface area contributed by atoms with E-state index in [1.54, 1.807) is 6.07 Å². The average Bonchev–Trinajstić information content (AvgIpc) is 2.27. The van der Waals surface area contributed by atoms with Crippen LogP contribution in [0.4, 0.5) is 5.69 Å². The highest BCUT2D eigenvalue weighted by Gasteiger charge is 2.14. The van der Waals surface area contributed by atoms with Gasteiger partial charge in [0, 0.05) is 29.6 Å². The van der Waals surface area contributed by atoms with E-state index >= 15 is 0 Å². The van der Waals surface area contributed by atoms with Gasteiger partial charge in [0.1, 0.15) is 0 Å². The predicted molar refractivity (Wildman–Crippen MR) is 60.4 cm³/mol. The average molecular weight is 227 g/mol. The molecule has 0 aliphatic carbocycles. The number of aliphatic hydroxyl groups is 1. The molecule has 82 valence electrons. The summed E-state index contributed by atoms with van der Waals surface area (Å²) < 4.78 is 0. The largest absolute Gasteiger partial charge is 0.396 e. The van der Waals surface area contributed by atoms with E-state index in [-0.39, 0.29) is 18.2 Å². The zero-order chi connectivity index (χ0) is 11.4. The number of nitrogens with zero attached hydrogens (tertiary/aromatic N) is 1. The number of benzene rings is 1. The van der Waals surface area contributed by atoms with E-state index in [1.807, 2.05) is 13.2 Å². The Hall–Kier alpha value is -1.07. The second kappa shape index (κ2) is 5.14. The Kier molecular flexibility index (Phi) is 4.11. The van der Waals surface area contributed by atoms with Gasteiger partial charge in [0.2, 0.25) is 0 Å². The highest BCUT2D eigenvalue weighted by Crippen LogP contribution is 2.30. The monoisotopic (exact) mass is 227 g/mol. The van der Waals surface area contributed by atoms with Crippen LogP contribution in [0.15, 0.2) is 23.1 Å². The highest BCUT2D eigenvalue weighted by atomic mass is 32.2. The third-order valence-electron chi connectivity index (χ3n) is 2.23. The molecule has 15 heavy (non-hydrogen) atoms. The quantitative estimate of drug-likeness (QED) is 0.487. The summed E-state index contributed by atoms with van der Waals surface area (Å²) in [6.45, 7) is 1.84. The standard InChI is InChI=1S/C10H13NO3S/c1-7(6-12)9-5-8(11(13)14)3-4-10(9)15-2/h3-5,7,12H,6H2,1-2H3. The van der Waals surface area contributed by atoms with Gasteiger partial charge in [0.15, 0.2) is 0 Å². The van der Waals surface area contributed by atoms with Crippen molar-refractivity contribution >= 4 is 17.4 Å². The second-order valence-electron chi connectivity index (χ2n) is 3.27. The minimum absolute atomic E-state index is 0.00523. The molecule has 0 amide bonds. The predicted octanol–water partition coefficient (Wildman–Crippen LogP) is 2.41. The van der Waals surface area contributed by atoms with Crippen molar-refractivity contribution in [1.82, 2.24) is 0 Å². The van der Waals surface area contributed by atoms with Gasteiger partial charge in [-0.1, -0.05) is 6.92 Å². The van der Waals surface area contributed by atoms with Crippen molar-refractivity contribution < 1.29 is 10.0 Å². The minimum Gasteiger partial charge on any atom is -0.396 e. The molecular formula is C10H13NO3S. The van der Waals surface area contributed by atoms with Gasteiger partial charge in [-0.15, -0.1) is 11.8 Å². The molecule has 0 aliphatic heterocycles. The number of aliphatic hydroxyl groups excluding tert-OH is 1. The van der Waals surface area contributed by atoms with Gasteiger partial charge in [-0.2, -0.15) is 0 Å². The number of nitro groups is 1. The number of hydrogen-bond acceptors (Lipinski definition) is 4. The molecule has 0 aromatic heterocycles. The Labute approximate surface area is 92.5 Å². The maximum atomic E-state index is 10.6. The molecule has 0 radical (unpaired) electrons. The molecule has 5 heteroatoms. The Morgan fingerprint density at radius 2 is 2.27 bits per heavy atom. The van der Waals surface area contributed by atoms with Crippen LogP contribution in [0.25, 0.3) is 0 Å². The summed E-state index contributed by atoms with van der Waals surface area (Å²) in [5.74, 6) is -0.0765. The number of hydrogen-bond donors (Lipinski definition) is 1. The third kappa shape index (κ3) is 2.70. The topological polar surface area (TPSA) is 63.4 Å². The van der Waals surface area contributed by atoms with E-state index in [0.29, 0.717) is 0 Å². The van der Waals surface area contributed by atoms with Crippen LogP contribution in [0.1, 0.15) is 18.4 Å². The van der Waals surface area contributed by atoms with E-state index in [2.05, 4.69) is 0 Å². The molecule has 0 spiro atoms. The maximum absolute atomic E-state index is 10.6. The van der Waals surface area contributed by atoms with Crippen molar-refractivity contribution in [3.8, 4) is 0 Å². The van der Waals surface area contributed by atoms with Crippen molar-refractivity contribution in [2.24, 2.45) is 0 Å². The number of nitro benzene ring substituents is 1. The summed E-state index contributed by atoms with van der Waals surface area (Å²) in [6.07, 6.45) is 1.91. The molecule has 1 atom stereocenters. The molecule has 0 aliphatic rings. The Morgan fingerprint density at radius 1 is 1.60 bits per heavy atom. The van der Waals surface area contributed by atoms with Gasteiger partial charge in [-0.3, -0.25) is 10.1 Å². The van der Waals surface area contributed by atoms with Crippen molar-refractivity contribution in [1.29, 1.82) is 0 Å². The molecule has 0 saturated carbocycles. The molecule has 0 bridgehead atoms. The Morgan fingerprint density at radius 3 is 2.73 bits per heavy atom. The van der Waals surface area contributed by atoms with Crippen LogP contribution < -0.4 is 0 Å². The molecule has 0 saturated heterocycles. The van der Waals surface area contributed by atoms with Gasteiger partial charge in [0.05, 0.1) is 4.92 Å². The molecular weight excluding hydrogens is 214 g/mol. The molecule has 0 fully saturated rings. The molecule has 1 N–H and O–H groups in total. The first kappa shape index (κ1) is 12.0. The van der Waals surface area contributed by atoms with E-state index in [0.717, 1.165) is 10.5 Å². The molecule has 1 aromatic rings. The fraction of sp³-hybridized carbons (Fsp3) is 0.400. The van der Waals surface area contributed by atoms with E-state index < -0.39 is 4.92 Å². The lowest BCUT2D eigenvalue weighted by atomic mass is 10.0. The minimum atomic E-state index is -0.419. The first-order valence-electron chi connectivity index (χ1n) is 4.53. The summed E-state index contributed by atoms with van der Waals surface area (Å²) >= 11 is 1.53. The lowest BCUT2D eigenvalue weighted by Crippen LogP contribution is -2.01. The normalized spacial score (nSPS) is 12.5. The number of rotatable bonds is 4. The van der Waals surface area contributed by atoms with Crippen molar-refractivity contribution in [3.05, 3.63) is 33.9 Å². The van der Waals surface area contributed by atoms with Crippen LogP contribution in [0.5, 0.6) is 0 Å². The lowest BCUT2D eigenvalue weighted by molar-refractivity contribution is -0.385. The van der Waals surface area contributed by atoms with Gasteiger partial charge in [-0.25, -0.2) is 0 Å². The SMILES string of the molecule is CSc1ccc([N+](=O)[O-])cc1C(C)CO. The first-order valence-corrected chi connectivity index (χ1v) is 5.75. The van der Waals surface area contributed by atoms with Gasteiger partial charge in [0.25, 0.3) is 5.69 Å². The Balaban J connectivity index is 3.18. The smallest absolute Gasteiger partial charge is 0.269 e. The fourth-order valence-corrected chi connectivity index (χ4v) is 2.02. The van der Waals surface area contributed by atoms with E-state index in [1.165, 1.54) is 23.9 Å². The van der Waals surface area contributed by atoms with Crippen molar-refractivity contribution in [2.45, 2.75) is 17.7 Å². The van der Waals surface area contributed by atoms with Crippen molar-refractivity contribution in [2.75, 3.05) is 12.9 Å². The zero-order valence-electron chi connectivity index (χ0n) is 8.64. The Bertz CT molecular complexity index is 368. The third-order valence-corrected chi connectivity index (χ3v) is 3.04. The van der Waals surface area contributed by atoms with E-state index in [9.17, 15) is 10.1 Å². The maximum Gasteiger partial charge on any atom is 0.269 e. The number of thioether (sulfide) groups is 1. The summed E-state index contributed by atoms with van der Waals surface area (Å²) in [7, 11) is 0. The first-order chi connectivity index (χ1) is 7.10. The van der Waals surface area contributed by atoms with Crippen LogP contribution in [0, 0.1) is 10.1 Å². The summed E-state index contributed by atoms with van der Waals surface area (Å²) in [5.41, 5.74) is 0.905. The van der Waals surface area contributed by atoms with Gasteiger partial charge < -0.3 is 5.11 Å². The van der Waals surface area contributed by atoms with Gasteiger partial charge >= 0.3 is 0 Å². The van der Waals surface area contributed by atoms with Crippen LogP contribution >= 0.6 is 11.8 Å². The van der Waals surface area contributed by atoms with Gasteiger partial charge in [-0.05, 0) is 17.9 Å². The summed E-state index contributed by atoms with van der Waals surface area (Å²) in [6, 6.07) is 4.75. The van der Waals surface area contributed by atoms with Crippen LogP contribution in [-0.2, 0) is 0 Å². The second-order valence-corrected chi connectivity index (χ2v) is 4.12. The molecule has 0 heterocycles. The zero-order valence-corrected chi connectivity index (χ0v) is 9.45. The number of non-ortho nitro benzene ring substituents is 1. The van der Waals surface area contributed by atoms with Crippen LogP contribution in [-0.4, -0.2) is 22.9 Å². The van der Waals surface area contributed by atoms with Crippen LogP contribution in [0.3, 0.4) is 0 Å². The van der Waals surface area contributed by atoms with Crippen LogP contribution in [0.2, 0.25) is 0 Å². The molecule has 4 nitrogen and oxygen atoms in total. The van der Waals surface area contributed by atoms with E-state index in [4.69, 9.17) is 5.11 Å². The highest BCUT2D eigenvalue weighted by molar-refractivity contribution is 7.98. The lowest BCUT2D eigenvalue weighted by Gasteiger charge is -2.12. The fourth-order valence-electron chi connectivity index (χ4n) is 1.32. The molecule has 1 rings (SSSR count). The van der Waals surface area contributed by atoms with Crippen molar-refractivity contribution in [3.63, 3.8) is 0 Å². The summed E-state index contributed by atoms with van der Waals surface area (Å²) in [4.78, 5) is 11.2. The molecule has 1 unspecified atom stereocenters.